The molecule has 1 heterocycles. The number of aromatic carboxylic acids is 1. The van der Waals surface area contributed by atoms with Gasteiger partial charge in [0.05, 0.1) is 5.56 Å². The van der Waals surface area contributed by atoms with Gasteiger partial charge >= 0.3 is 5.97 Å². The third-order valence-electron chi connectivity index (χ3n) is 3.53. The summed E-state index contributed by atoms with van der Waals surface area (Å²) in [5, 5.41) is 12.2. The van der Waals surface area contributed by atoms with E-state index in [1.165, 1.54) is 12.1 Å². The van der Waals surface area contributed by atoms with Gasteiger partial charge in [0.1, 0.15) is 0 Å². The van der Waals surface area contributed by atoms with E-state index in [9.17, 15) is 9.59 Å². The van der Waals surface area contributed by atoms with Crippen molar-refractivity contribution in [2.24, 2.45) is 0 Å². The molecule has 1 saturated heterocycles. The van der Waals surface area contributed by atoms with E-state index >= 15 is 0 Å². The highest BCUT2D eigenvalue weighted by Gasteiger charge is 2.23. The van der Waals surface area contributed by atoms with Crippen LogP contribution in [0, 0.1) is 0 Å². The highest BCUT2D eigenvalue weighted by molar-refractivity contribution is 5.97. The summed E-state index contributed by atoms with van der Waals surface area (Å²) in [6.45, 7) is 1.83. The van der Waals surface area contributed by atoms with Crippen LogP contribution in [-0.4, -0.2) is 48.1 Å². The second-order valence-electron chi connectivity index (χ2n) is 4.78. The van der Waals surface area contributed by atoms with Gasteiger partial charge in [0.25, 0.3) is 5.91 Å². The molecule has 2 rings (SSSR count). The third kappa shape index (κ3) is 3.12. The first-order valence-electron chi connectivity index (χ1n) is 6.41. The topological polar surface area (TPSA) is 69.6 Å². The van der Waals surface area contributed by atoms with Crippen LogP contribution in [0.25, 0.3) is 0 Å². The number of carbonyl (C=O) groups excluding carboxylic acids is 1. The predicted octanol–water partition coefficient (Wildman–Crippen LogP) is 1.21. The molecule has 1 amide bonds. The smallest absolute Gasteiger partial charge is 0.335 e. The van der Waals surface area contributed by atoms with Crippen LogP contribution in [0.15, 0.2) is 24.3 Å². The van der Waals surface area contributed by atoms with Crippen LogP contribution in [0.3, 0.4) is 0 Å². The van der Waals surface area contributed by atoms with Crippen LogP contribution in [-0.2, 0) is 0 Å². The van der Waals surface area contributed by atoms with Crippen molar-refractivity contribution in [3.8, 4) is 0 Å². The summed E-state index contributed by atoms with van der Waals surface area (Å²) in [6.07, 6.45) is 1.86. The molecular formula is C14H18N2O3. The largest absolute Gasteiger partial charge is 0.478 e. The fraction of sp³-hybridized carbons (Fsp3) is 0.429. The molecule has 0 radical (unpaired) electrons. The lowest BCUT2D eigenvalue weighted by molar-refractivity contribution is 0.0697. The SMILES string of the molecule is CN(C(=O)c1cccc(C(=O)O)c1)C1CCNCC1. The van der Waals surface area contributed by atoms with Crippen molar-refractivity contribution < 1.29 is 14.7 Å². The van der Waals surface area contributed by atoms with Gasteiger partial charge in [-0.2, -0.15) is 0 Å². The number of amides is 1. The summed E-state index contributed by atoms with van der Waals surface area (Å²) in [5.41, 5.74) is 0.575. The molecule has 102 valence electrons. The molecule has 0 saturated carbocycles. The van der Waals surface area contributed by atoms with Gasteiger partial charge in [0, 0.05) is 18.7 Å². The molecule has 1 aromatic carbocycles. The fourth-order valence-electron chi connectivity index (χ4n) is 2.35. The molecule has 0 bridgehead atoms. The van der Waals surface area contributed by atoms with E-state index in [0.717, 1.165) is 25.9 Å². The fourth-order valence-corrected chi connectivity index (χ4v) is 2.35. The number of nitrogens with zero attached hydrogens (tertiary/aromatic N) is 1. The lowest BCUT2D eigenvalue weighted by atomic mass is 10.0. The minimum Gasteiger partial charge on any atom is -0.478 e. The minimum absolute atomic E-state index is 0.116. The normalized spacial score (nSPS) is 16.1. The Morgan fingerprint density at radius 2 is 1.89 bits per heavy atom. The number of carbonyl (C=O) groups is 2. The van der Waals surface area contributed by atoms with Gasteiger partial charge in [-0.25, -0.2) is 4.79 Å². The maximum absolute atomic E-state index is 12.3. The predicted molar refractivity (Wildman–Crippen MR) is 71.4 cm³/mol. The van der Waals surface area contributed by atoms with E-state index in [1.807, 2.05) is 0 Å². The maximum Gasteiger partial charge on any atom is 0.335 e. The van der Waals surface area contributed by atoms with Crippen LogP contribution in [0.1, 0.15) is 33.6 Å². The van der Waals surface area contributed by atoms with E-state index in [4.69, 9.17) is 5.11 Å². The van der Waals surface area contributed by atoms with Crippen LogP contribution in [0.2, 0.25) is 0 Å². The van der Waals surface area contributed by atoms with E-state index in [0.29, 0.717) is 5.56 Å². The van der Waals surface area contributed by atoms with Crippen LogP contribution in [0.4, 0.5) is 0 Å². The third-order valence-corrected chi connectivity index (χ3v) is 3.53. The number of rotatable bonds is 3. The number of nitrogens with one attached hydrogen (secondary N) is 1. The number of hydrogen-bond donors (Lipinski definition) is 2. The molecule has 0 aromatic heterocycles. The molecule has 1 aliphatic rings. The number of carboxylic acids is 1. The standard InChI is InChI=1S/C14H18N2O3/c1-16(12-5-7-15-8-6-12)13(17)10-3-2-4-11(9-10)14(18)19/h2-4,9,12,15H,5-8H2,1H3,(H,18,19). The van der Waals surface area contributed by atoms with Crippen LogP contribution >= 0.6 is 0 Å². The Balaban J connectivity index is 2.14. The van der Waals surface area contributed by atoms with Gasteiger partial charge in [-0.05, 0) is 44.1 Å². The molecule has 19 heavy (non-hydrogen) atoms. The first-order valence-corrected chi connectivity index (χ1v) is 6.41. The second-order valence-corrected chi connectivity index (χ2v) is 4.78. The van der Waals surface area contributed by atoms with Crippen molar-refractivity contribution in [3.05, 3.63) is 35.4 Å². The maximum atomic E-state index is 12.3. The molecule has 5 nitrogen and oxygen atoms in total. The zero-order valence-electron chi connectivity index (χ0n) is 10.9. The Morgan fingerprint density at radius 1 is 1.26 bits per heavy atom. The average Bonchev–Trinajstić information content (AvgIpc) is 2.46. The Hall–Kier alpha value is -1.88. The van der Waals surface area contributed by atoms with Crippen LogP contribution in [0.5, 0.6) is 0 Å². The Bertz CT molecular complexity index is 481. The Kier molecular flexibility index (Phi) is 4.16. The highest BCUT2D eigenvalue weighted by atomic mass is 16.4. The average molecular weight is 262 g/mol. The monoisotopic (exact) mass is 262 g/mol. The zero-order valence-corrected chi connectivity index (χ0v) is 10.9. The summed E-state index contributed by atoms with van der Waals surface area (Å²) in [7, 11) is 1.78. The van der Waals surface area contributed by atoms with Crippen LogP contribution < -0.4 is 5.32 Å². The van der Waals surface area contributed by atoms with Gasteiger partial charge in [0.2, 0.25) is 0 Å². The summed E-state index contributed by atoms with van der Waals surface area (Å²) in [5.74, 6) is -1.13. The molecule has 2 N–H and O–H groups in total. The van der Waals surface area contributed by atoms with Crippen molar-refractivity contribution in [1.82, 2.24) is 10.2 Å². The second kappa shape index (κ2) is 5.84. The summed E-state index contributed by atoms with van der Waals surface area (Å²) >= 11 is 0. The van der Waals surface area contributed by atoms with E-state index in [-0.39, 0.29) is 17.5 Å². The number of carboxylic acid groups (broad SMARTS) is 1. The molecule has 1 fully saturated rings. The summed E-state index contributed by atoms with van der Waals surface area (Å²) < 4.78 is 0. The van der Waals surface area contributed by atoms with Gasteiger partial charge < -0.3 is 15.3 Å². The first-order chi connectivity index (χ1) is 9.09. The van der Waals surface area contributed by atoms with Crippen molar-refractivity contribution in [2.45, 2.75) is 18.9 Å². The van der Waals surface area contributed by atoms with E-state index in [2.05, 4.69) is 5.32 Å². The number of piperidine rings is 1. The molecule has 0 aliphatic carbocycles. The van der Waals surface area contributed by atoms with Gasteiger partial charge in [-0.15, -0.1) is 0 Å². The van der Waals surface area contributed by atoms with Gasteiger partial charge in [-0.1, -0.05) is 6.07 Å². The lowest BCUT2D eigenvalue weighted by Gasteiger charge is -2.31. The molecule has 5 heteroatoms. The summed E-state index contributed by atoms with van der Waals surface area (Å²) in [6, 6.07) is 6.41. The van der Waals surface area contributed by atoms with Crippen molar-refractivity contribution in [2.75, 3.05) is 20.1 Å². The first kappa shape index (κ1) is 13.5. The van der Waals surface area contributed by atoms with Gasteiger partial charge in [0.15, 0.2) is 0 Å². The lowest BCUT2D eigenvalue weighted by Crippen LogP contribution is -2.44. The molecular weight excluding hydrogens is 244 g/mol. The quantitative estimate of drug-likeness (QED) is 0.859. The highest BCUT2D eigenvalue weighted by Crippen LogP contribution is 2.14. The molecule has 1 aromatic rings. The molecule has 0 spiro atoms. The summed E-state index contributed by atoms with van der Waals surface area (Å²) in [4.78, 5) is 25.0. The van der Waals surface area contributed by atoms with Crippen molar-refractivity contribution in [1.29, 1.82) is 0 Å². The molecule has 1 aliphatic heterocycles. The number of hydrogen-bond acceptors (Lipinski definition) is 3. The van der Waals surface area contributed by atoms with Crippen molar-refractivity contribution >= 4 is 11.9 Å². The minimum atomic E-state index is -1.01. The molecule has 0 atom stereocenters. The zero-order chi connectivity index (χ0) is 13.8. The Labute approximate surface area is 112 Å². The van der Waals surface area contributed by atoms with E-state index in [1.54, 1.807) is 24.1 Å². The number of benzene rings is 1. The van der Waals surface area contributed by atoms with E-state index < -0.39 is 5.97 Å². The Morgan fingerprint density at radius 3 is 2.53 bits per heavy atom. The molecule has 0 unspecified atom stereocenters. The van der Waals surface area contributed by atoms with Gasteiger partial charge in [-0.3, -0.25) is 4.79 Å². The van der Waals surface area contributed by atoms with Crippen molar-refractivity contribution in [3.63, 3.8) is 0 Å².